The van der Waals surface area contributed by atoms with Crippen molar-refractivity contribution < 1.29 is 14.4 Å². The third-order valence-corrected chi connectivity index (χ3v) is 8.19. The third kappa shape index (κ3) is 5.38. The molecule has 1 atom stereocenters. The maximum absolute atomic E-state index is 13.2. The summed E-state index contributed by atoms with van der Waals surface area (Å²) in [4.78, 5) is 24.3. The van der Waals surface area contributed by atoms with Gasteiger partial charge in [0, 0.05) is 39.8 Å². The summed E-state index contributed by atoms with van der Waals surface area (Å²) < 4.78 is 5.86. The van der Waals surface area contributed by atoms with Crippen molar-refractivity contribution in [2.75, 3.05) is 5.32 Å². The van der Waals surface area contributed by atoms with Crippen LogP contribution in [0.1, 0.15) is 51.0 Å². The number of phenolic OH excluding ortho intramolecular Hbond substituents is 1. The molecule has 0 fully saturated rings. The summed E-state index contributed by atoms with van der Waals surface area (Å²) >= 11 is 7.78. The Morgan fingerprint density at radius 2 is 1.85 bits per heavy atom. The van der Waals surface area contributed by atoms with E-state index in [9.17, 15) is 9.90 Å². The lowest BCUT2D eigenvalue weighted by atomic mass is 9.96. The van der Waals surface area contributed by atoms with Crippen LogP contribution in [0.2, 0.25) is 5.02 Å². The number of thiophene rings is 1. The van der Waals surface area contributed by atoms with Gasteiger partial charge >= 0.3 is 0 Å². The number of phenols is 1. The minimum atomic E-state index is -0.627. The summed E-state index contributed by atoms with van der Waals surface area (Å²) in [5.41, 5.74) is 6.45. The second-order valence-corrected chi connectivity index (χ2v) is 11.0. The van der Waals surface area contributed by atoms with Crippen LogP contribution in [0.5, 0.6) is 5.75 Å². The van der Waals surface area contributed by atoms with Gasteiger partial charge in [0.15, 0.2) is 5.76 Å². The van der Waals surface area contributed by atoms with Crippen LogP contribution in [0.3, 0.4) is 0 Å². The fourth-order valence-corrected chi connectivity index (χ4v) is 6.12. The molecule has 7 nitrogen and oxygen atoms in total. The van der Waals surface area contributed by atoms with E-state index in [4.69, 9.17) is 21.1 Å². The van der Waals surface area contributed by atoms with Crippen LogP contribution in [0.15, 0.2) is 82.6 Å². The van der Waals surface area contributed by atoms with Crippen LogP contribution < -0.4 is 5.32 Å². The topological polar surface area (TPSA) is 101 Å². The molecule has 0 saturated carbocycles. The summed E-state index contributed by atoms with van der Waals surface area (Å²) in [5.74, 6) is 6.95. The number of aryl methyl sites for hydroxylation is 1. The van der Waals surface area contributed by atoms with Crippen LogP contribution >= 0.6 is 22.9 Å². The molecule has 9 heteroatoms. The number of rotatable bonds is 4. The van der Waals surface area contributed by atoms with Crippen LogP contribution in [-0.2, 0) is 4.79 Å². The van der Waals surface area contributed by atoms with Crippen molar-refractivity contribution >= 4 is 40.2 Å². The summed E-state index contributed by atoms with van der Waals surface area (Å²) in [6, 6.07) is 17.0. The number of aromatic hydroxyl groups is 1. The maximum Gasteiger partial charge on any atom is 0.227 e. The van der Waals surface area contributed by atoms with Crippen molar-refractivity contribution in [3.8, 4) is 28.0 Å². The van der Waals surface area contributed by atoms with Crippen molar-refractivity contribution in [3.05, 3.63) is 117 Å². The molecular weight excluding hydrogens is 556 g/mol. The molecule has 5 aromatic rings. The highest BCUT2D eigenvalue weighted by Crippen LogP contribution is 2.46. The fourth-order valence-electron chi connectivity index (χ4n) is 4.73. The molecule has 0 radical (unpaired) electrons. The van der Waals surface area contributed by atoms with Crippen molar-refractivity contribution in [1.82, 2.24) is 10.1 Å². The van der Waals surface area contributed by atoms with Crippen molar-refractivity contribution in [2.45, 2.75) is 26.3 Å². The molecule has 1 aliphatic heterocycles. The Labute approximate surface area is 245 Å². The lowest BCUT2D eigenvalue weighted by molar-refractivity contribution is -0.116. The molecule has 0 spiro atoms. The highest BCUT2D eigenvalue weighted by Gasteiger charge is 2.34. The van der Waals surface area contributed by atoms with Gasteiger partial charge in [0.25, 0.3) is 0 Å². The van der Waals surface area contributed by atoms with Crippen molar-refractivity contribution in [2.24, 2.45) is 4.99 Å². The van der Waals surface area contributed by atoms with Gasteiger partial charge in [-0.25, -0.2) is 0 Å². The highest BCUT2D eigenvalue weighted by molar-refractivity contribution is 7.16. The number of amides is 1. The Morgan fingerprint density at radius 1 is 1.07 bits per heavy atom. The largest absolute Gasteiger partial charge is 0.508 e. The molecule has 0 bridgehead atoms. The van der Waals surface area contributed by atoms with E-state index < -0.39 is 6.04 Å². The first kappa shape index (κ1) is 26.5. The van der Waals surface area contributed by atoms with E-state index in [0.717, 1.165) is 43.3 Å². The number of nitrogens with one attached hydrogen (secondary N) is 1. The van der Waals surface area contributed by atoms with Gasteiger partial charge in [-0.15, -0.1) is 11.3 Å². The monoisotopic (exact) mass is 578 g/mol. The normalized spacial score (nSPS) is 13.7. The molecule has 0 aliphatic carbocycles. The first-order valence-electron chi connectivity index (χ1n) is 12.8. The van der Waals surface area contributed by atoms with E-state index in [2.05, 4.69) is 27.3 Å². The summed E-state index contributed by atoms with van der Waals surface area (Å²) in [5, 5.41) is 17.4. The van der Waals surface area contributed by atoms with Gasteiger partial charge in [-0.3, -0.25) is 14.8 Å². The standard InChI is InChI=1S/C32H23ClN4O3S/c1-18-26(14-5-20-4-3-15-34-17-20)41-32-28(18)30(21-6-8-22(33)9-7-21)36-25(31-29(32)19(2)37-40-31)16-27(39)35-23-10-12-24(38)13-11-23/h3-4,6-13,15,17,25,38H,16H2,1-2H3,(H,35,39)/t25-/m0/s1. The molecule has 2 aromatic carbocycles. The number of benzene rings is 2. The number of hydrogen-bond acceptors (Lipinski definition) is 7. The van der Waals surface area contributed by atoms with E-state index in [-0.39, 0.29) is 18.1 Å². The predicted molar refractivity (Wildman–Crippen MR) is 161 cm³/mol. The third-order valence-electron chi connectivity index (χ3n) is 6.72. The summed E-state index contributed by atoms with van der Waals surface area (Å²) in [7, 11) is 0. The van der Waals surface area contributed by atoms with Gasteiger partial charge in [-0.1, -0.05) is 40.7 Å². The van der Waals surface area contributed by atoms with Gasteiger partial charge in [0.05, 0.1) is 33.1 Å². The number of fused-ring (bicyclic) bond motifs is 3. The second-order valence-electron chi connectivity index (χ2n) is 9.56. The number of aliphatic imine (C=N–C) groups is 1. The quantitative estimate of drug-likeness (QED) is 0.175. The highest BCUT2D eigenvalue weighted by atomic mass is 35.5. The van der Waals surface area contributed by atoms with Gasteiger partial charge < -0.3 is 14.9 Å². The maximum atomic E-state index is 13.2. The van der Waals surface area contributed by atoms with Crippen molar-refractivity contribution in [3.63, 3.8) is 0 Å². The molecule has 202 valence electrons. The molecular formula is C32H23ClN4O3S. The molecule has 1 amide bonds. The lowest BCUT2D eigenvalue weighted by Crippen LogP contribution is -2.16. The number of anilines is 1. The number of halogens is 1. The van der Waals surface area contributed by atoms with Gasteiger partial charge in [0.2, 0.25) is 5.91 Å². The second kappa shape index (κ2) is 11.0. The lowest BCUT2D eigenvalue weighted by Gasteiger charge is -2.13. The Bertz CT molecular complexity index is 1850. The SMILES string of the molecule is Cc1noc2c1-c1sc(C#Cc3cccnc3)c(C)c1C(c1ccc(Cl)cc1)=N[C@H]2CC(=O)Nc1ccc(O)cc1. The van der Waals surface area contributed by atoms with Gasteiger partial charge in [-0.2, -0.15) is 0 Å². The molecule has 3 aromatic heterocycles. The first-order valence-corrected chi connectivity index (χ1v) is 14.0. The fraction of sp³-hybridized carbons (Fsp3) is 0.125. The minimum absolute atomic E-state index is 0.0290. The van der Waals surface area contributed by atoms with E-state index in [1.807, 2.05) is 50.2 Å². The average Bonchev–Trinajstić information content (AvgIpc) is 3.47. The molecule has 1 aliphatic rings. The zero-order valence-corrected chi connectivity index (χ0v) is 23.7. The number of hydrogen-bond donors (Lipinski definition) is 2. The Morgan fingerprint density at radius 3 is 2.59 bits per heavy atom. The van der Waals surface area contributed by atoms with Gasteiger partial charge in [-0.05, 0) is 67.9 Å². The molecule has 2 N–H and O–H groups in total. The predicted octanol–water partition coefficient (Wildman–Crippen LogP) is 7.09. The number of pyridine rings is 1. The van der Waals surface area contributed by atoms with Crippen LogP contribution in [0.25, 0.3) is 10.4 Å². The average molecular weight is 579 g/mol. The van der Waals surface area contributed by atoms with Crippen LogP contribution in [0.4, 0.5) is 5.69 Å². The molecule has 0 saturated heterocycles. The van der Waals surface area contributed by atoms with E-state index in [0.29, 0.717) is 22.2 Å². The zero-order valence-electron chi connectivity index (χ0n) is 22.1. The number of carbonyl (C=O) groups excluding carboxylic acids is 1. The number of aromatic nitrogens is 2. The summed E-state index contributed by atoms with van der Waals surface area (Å²) in [6.45, 7) is 3.93. The van der Waals surface area contributed by atoms with Gasteiger partial charge in [0.1, 0.15) is 11.8 Å². The molecule has 41 heavy (non-hydrogen) atoms. The Hall–Kier alpha value is -4.71. The first-order chi connectivity index (χ1) is 19.9. The van der Waals surface area contributed by atoms with Crippen molar-refractivity contribution in [1.29, 1.82) is 0 Å². The van der Waals surface area contributed by atoms with E-state index in [1.165, 1.54) is 12.1 Å². The van der Waals surface area contributed by atoms with Crippen LogP contribution in [-0.4, -0.2) is 26.9 Å². The Balaban J connectivity index is 1.47. The van der Waals surface area contributed by atoms with E-state index in [1.54, 1.807) is 35.9 Å². The molecule has 6 rings (SSSR count). The van der Waals surface area contributed by atoms with Crippen LogP contribution in [0, 0.1) is 25.7 Å². The number of nitrogens with zero attached hydrogens (tertiary/aromatic N) is 3. The molecule has 0 unspecified atom stereocenters. The molecule has 4 heterocycles. The smallest absolute Gasteiger partial charge is 0.227 e. The zero-order chi connectivity index (χ0) is 28.5. The number of carbonyl (C=O) groups is 1. The minimum Gasteiger partial charge on any atom is -0.508 e. The Kier molecular flexibility index (Phi) is 7.14. The summed E-state index contributed by atoms with van der Waals surface area (Å²) in [6.07, 6.45) is 3.48. The van der Waals surface area contributed by atoms with E-state index >= 15 is 0 Å².